The third-order valence-corrected chi connectivity index (χ3v) is 7.86. The number of rotatable bonds is 8. The van der Waals surface area contributed by atoms with Crippen molar-refractivity contribution in [3.63, 3.8) is 0 Å². The summed E-state index contributed by atoms with van der Waals surface area (Å²) in [4.78, 5) is 40.2. The minimum Gasteiger partial charge on any atom is -0.454 e. The lowest BCUT2D eigenvalue weighted by molar-refractivity contribution is -0.120. The summed E-state index contributed by atoms with van der Waals surface area (Å²) in [7, 11) is -2.14. The fraction of sp³-hybridized carbons (Fsp3) is 0.250. The van der Waals surface area contributed by atoms with Crippen LogP contribution >= 0.6 is 0 Å². The highest BCUT2D eigenvalue weighted by molar-refractivity contribution is 7.99. The molecule has 0 bridgehead atoms. The van der Waals surface area contributed by atoms with Crippen LogP contribution < -0.4 is 24.4 Å². The molecule has 0 radical (unpaired) electrons. The fourth-order valence-electron chi connectivity index (χ4n) is 4.16. The van der Waals surface area contributed by atoms with E-state index in [0.717, 1.165) is 5.56 Å². The number of likely N-dealkylation sites (N-methyl/N-ethyl adjacent to an activating group) is 1. The van der Waals surface area contributed by atoms with E-state index < -0.39 is 27.7 Å². The molecule has 1 aliphatic heterocycles. The number of benzene rings is 3. The number of amides is 3. The zero-order valence-electron chi connectivity index (χ0n) is 21.3. The van der Waals surface area contributed by atoms with Crippen LogP contribution in [0.1, 0.15) is 30.9 Å². The highest BCUT2D eigenvalue weighted by atomic mass is 32.2. The highest BCUT2D eigenvalue weighted by Crippen LogP contribution is 2.35. The average molecular weight is 536 g/mol. The molecule has 0 aliphatic carbocycles. The van der Waals surface area contributed by atoms with Crippen LogP contribution in [0.4, 0.5) is 10.5 Å². The predicted molar refractivity (Wildman–Crippen MR) is 144 cm³/mol. The second-order valence-corrected chi connectivity index (χ2v) is 11.0. The van der Waals surface area contributed by atoms with Gasteiger partial charge in [-0.2, -0.15) is 0 Å². The number of carbonyl (C=O) groups excluding carboxylic acids is 3. The van der Waals surface area contributed by atoms with Crippen molar-refractivity contribution in [3.05, 3.63) is 83.9 Å². The minimum absolute atomic E-state index is 0.0482. The molecule has 1 aliphatic rings. The lowest BCUT2D eigenvalue weighted by Gasteiger charge is -2.25. The molecule has 198 valence electrons. The summed E-state index contributed by atoms with van der Waals surface area (Å²) in [6, 6.07) is 19.0. The van der Waals surface area contributed by atoms with Gasteiger partial charge in [-0.05, 0) is 35.2 Å². The molecule has 3 amide bonds. The van der Waals surface area contributed by atoms with Crippen molar-refractivity contribution < 1.29 is 28.1 Å². The fourth-order valence-corrected chi connectivity index (χ4v) is 5.63. The van der Waals surface area contributed by atoms with Crippen LogP contribution in [0, 0.1) is 0 Å². The quantitative estimate of drug-likeness (QED) is 0.425. The Morgan fingerprint density at radius 3 is 2.39 bits per heavy atom. The van der Waals surface area contributed by atoms with E-state index in [4.69, 9.17) is 9.47 Å². The molecule has 0 fully saturated rings. The smallest absolute Gasteiger partial charge is 0.327 e. The Bertz CT molecular complexity index is 1480. The second-order valence-electron chi connectivity index (χ2n) is 9.08. The number of fused-ring (bicyclic) bond motifs is 1. The van der Waals surface area contributed by atoms with Crippen LogP contribution in [-0.4, -0.2) is 41.3 Å². The number of nitrogens with one attached hydrogen (secondary N) is 2. The van der Waals surface area contributed by atoms with Crippen molar-refractivity contribution in [3.8, 4) is 11.5 Å². The maximum atomic E-state index is 13.6. The summed E-state index contributed by atoms with van der Waals surface area (Å²) in [6.45, 7) is 3.88. The van der Waals surface area contributed by atoms with Gasteiger partial charge >= 0.3 is 6.03 Å². The molecule has 2 N–H and O–H groups in total. The van der Waals surface area contributed by atoms with Gasteiger partial charge < -0.3 is 19.7 Å². The lowest BCUT2D eigenvalue weighted by Crippen LogP contribution is -2.52. The number of carbonyl (C=O) groups is 2. The van der Waals surface area contributed by atoms with Gasteiger partial charge in [-0.3, -0.25) is 9.52 Å². The van der Waals surface area contributed by atoms with E-state index in [9.17, 15) is 18.6 Å². The molecule has 1 heterocycles. The molecular weight excluding hydrogens is 506 g/mol. The van der Waals surface area contributed by atoms with Crippen LogP contribution in [0.3, 0.4) is 0 Å². The molecule has 0 aromatic heterocycles. The topological polar surface area (TPSA) is 114 Å². The molecule has 1 unspecified atom stereocenters. The Labute approximate surface area is 221 Å². The summed E-state index contributed by atoms with van der Waals surface area (Å²) >= 11 is 0. The number of anilines is 1. The molecule has 0 spiro atoms. The normalized spacial score (nSPS) is 14.2. The van der Waals surface area contributed by atoms with E-state index in [-0.39, 0.29) is 24.0 Å². The van der Waals surface area contributed by atoms with E-state index >= 15 is 0 Å². The van der Waals surface area contributed by atoms with Gasteiger partial charge in [0.2, 0.25) is 17.9 Å². The molecule has 9 nitrogen and oxygen atoms in total. The van der Waals surface area contributed by atoms with E-state index in [0.29, 0.717) is 22.7 Å². The molecule has 0 saturated carbocycles. The van der Waals surface area contributed by atoms with Crippen molar-refractivity contribution in [2.24, 2.45) is 0 Å². The molecule has 0 saturated heterocycles. The maximum absolute atomic E-state index is 13.6. The molecular formula is C28H29N3O6S. The Morgan fingerprint density at radius 1 is 1.00 bits per heavy atom. The van der Waals surface area contributed by atoms with Crippen molar-refractivity contribution in [2.45, 2.75) is 37.1 Å². The molecule has 4 rings (SSSR count). The number of urea groups is 1. The van der Waals surface area contributed by atoms with E-state index in [1.165, 1.54) is 16.2 Å². The summed E-state index contributed by atoms with van der Waals surface area (Å²) in [5, 5.41) is 4.15. The largest absolute Gasteiger partial charge is 0.454 e. The standard InChI is InChI=1S/C28H29N3O6S/c1-19(2)22-11-7-8-12-26(22)38(35,17-32)30-28(34)29-23(15-20-9-5-4-6-10-20)27(33)31(3)21-13-14-24-25(16-21)37-18-36-24/h4-14,16,19,23H,15,18H2,1-3H3,(H2,29,30,34,35)/t23-,38?/m0/s1. The van der Waals surface area contributed by atoms with Crippen molar-refractivity contribution >= 4 is 32.6 Å². The zero-order chi connectivity index (χ0) is 27.3. The van der Waals surface area contributed by atoms with Gasteiger partial charge in [0, 0.05) is 25.2 Å². The molecule has 38 heavy (non-hydrogen) atoms. The van der Waals surface area contributed by atoms with Crippen molar-refractivity contribution in [1.82, 2.24) is 10.0 Å². The highest BCUT2D eigenvalue weighted by Gasteiger charge is 2.28. The first-order valence-electron chi connectivity index (χ1n) is 12.0. The number of nitrogens with zero attached hydrogens (tertiary/aromatic N) is 1. The van der Waals surface area contributed by atoms with E-state index in [2.05, 4.69) is 10.0 Å². The van der Waals surface area contributed by atoms with Crippen LogP contribution in [0.2, 0.25) is 0 Å². The first-order valence-corrected chi connectivity index (χ1v) is 13.6. The second kappa shape index (κ2) is 11.4. The number of hydrogen-bond acceptors (Lipinski definition) is 6. The monoisotopic (exact) mass is 535 g/mol. The summed E-state index contributed by atoms with van der Waals surface area (Å²) in [6.07, 6.45) is 0.163. The maximum Gasteiger partial charge on any atom is 0.327 e. The predicted octanol–water partition coefficient (Wildman–Crippen LogP) is 3.74. The van der Waals surface area contributed by atoms with Crippen molar-refractivity contribution in [1.29, 1.82) is 0 Å². The minimum atomic E-state index is -3.73. The van der Waals surface area contributed by atoms with Crippen molar-refractivity contribution in [2.75, 3.05) is 18.7 Å². The first-order chi connectivity index (χ1) is 18.2. The van der Waals surface area contributed by atoms with E-state index in [1.54, 1.807) is 43.4 Å². The van der Waals surface area contributed by atoms with E-state index in [1.807, 2.05) is 44.2 Å². The third kappa shape index (κ3) is 5.82. The van der Waals surface area contributed by atoms with Gasteiger partial charge in [-0.25, -0.2) is 13.8 Å². The number of ether oxygens (including phenoxy) is 2. The first kappa shape index (κ1) is 26.8. The molecule has 3 aromatic rings. The van der Waals surface area contributed by atoms with Gasteiger partial charge in [0.15, 0.2) is 21.2 Å². The Kier molecular flexibility index (Phi) is 8.05. The van der Waals surface area contributed by atoms with Crippen LogP contribution in [0.25, 0.3) is 0 Å². The van der Waals surface area contributed by atoms with Gasteiger partial charge in [-0.1, -0.05) is 62.4 Å². The summed E-state index contributed by atoms with van der Waals surface area (Å²) < 4.78 is 26.6. The average Bonchev–Trinajstić information content (AvgIpc) is 3.40. The SMILES string of the molecule is CC(C)c1ccccc1S(=O)(=C=O)NC(=O)N[C@@H](Cc1ccccc1)C(=O)N(C)c1ccc2c(c1)OCO2. The number of hydrogen-bond donors (Lipinski definition) is 2. The Balaban J connectivity index is 1.59. The summed E-state index contributed by atoms with van der Waals surface area (Å²) in [5.41, 5.74) is 1.99. The Morgan fingerprint density at radius 2 is 1.68 bits per heavy atom. The lowest BCUT2D eigenvalue weighted by atomic mass is 10.0. The zero-order valence-corrected chi connectivity index (χ0v) is 22.1. The Hall–Kier alpha value is -4.27. The molecule has 3 aromatic carbocycles. The molecule has 10 heteroatoms. The summed E-state index contributed by atoms with van der Waals surface area (Å²) in [5.74, 6) is 0.618. The van der Waals surface area contributed by atoms with Gasteiger partial charge in [-0.15, -0.1) is 0 Å². The van der Waals surface area contributed by atoms with Gasteiger partial charge in [0.25, 0.3) is 0 Å². The van der Waals surface area contributed by atoms with Crippen LogP contribution in [-0.2, 0) is 25.7 Å². The molecule has 2 atom stereocenters. The van der Waals surface area contributed by atoms with Gasteiger partial charge in [0.05, 0.1) is 4.90 Å². The van der Waals surface area contributed by atoms with Gasteiger partial charge in [0.1, 0.15) is 6.04 Å². The van der Waals surface area contributed by atoms with Crippen LogP contribution in [0.5, 0.6) is 11.5 Å². The third-order valence-electron chi connectivity index (χ3n) is 6.16. The van der Waals surface area contributed by atoms with Crippen LogP contribution in [0.15, 0.2) is 77.7 Å².